The summed E-state index contributed by atoms with van der Waals surface area (Å²) in [5.74, 6) is -0.216. The van der Waals surface area contributed by atoms with Crippen molar-refractivity contribution in [1.29, 1.82) is 0 Å². The average molecular weight is 316 g/mol. The van der Waals surface area contributed by atoms with Crippen LogP contribution in [0.3, 0.4) is 0 Å². The molecular formula is C14H10ClN5O2. The zero-order chi connectivity index (χ0) is 15.5. The lowest BCUT2D eigenvalue weighted by Crippen LogP contribution is -2.15. The molecule has 3 aromatic rings. The topological polar surface area (TPSA) is 92.9 Å². The summed E-state index contributed by atoms with van der Waals surface area (Å²) in [7, 11) is 0. The number of nitrogens with zero attached hydrogens (tertiary/aromatic N) is 4. The van der Waals surface area contributed by atoms with Crippen LogP contribution in [-0.4, -0.2) is 31.2 Å². The summed E-state index contributed by atoms with van der Waals surface area (Å²) in [6, 6.07) is 11.0. The van der Waals surface area contributed by atoms with E-state index in [4.69, 9.17) is 11.6 Å². The molecule has 7 nitrogen and oxygen atoms in total. The lowest BCUT2D eigenvalue weighted by molar-refractivity contribution is 0.102. The SMILES string of the molecule is O=C(Nc1ccc(O)cc1)c1ccc(Cl)cc1-n1cnnn1. The Hall–Kier alpha value is -2.93. The van der Waals surface area contributed by atoms with E-state index < -0.39 is 0 Å². The summed E-state index contributed by atoms with van der Waals surface area (Å²) >= 11 is 5.97. The van der Waals surface area contributed by atoms with Crippen LogP contribution in [0.1, 0.15) is 10.4 Å². The number of carbonyl (C=O) groups excluding carboxylic acids is 1. The molecule has 2 aromatic carbocycles. The molecule has 0 spiro atoms. The van der Waals surface area contributed by atoms with E-state index in [0.29, 0.717) is 22.0 Å². The molecule has 8 heteroatoms. The Morgan fingerprint density at radius 1 is 1.18 bits per heavy atom. The number of carbonyl (C=O) groups is 1. The first-order chi connectivity index (χ1) is 10.6. The second kappa shape index (κ2) is 5.82. The van der Waals surface area contributed by atoms with Crippen LogP contribution in [-0.2, 0) is 0 Å². The molecule has 0 saturated carbocycles. The first kappa shape index (κ1) is 14.0. The lowest BCUT2D eigenvalue weighted by Gasteiger charge is -2.10. The van der Waals surface area contributed by atoms with Gasteiger partial charge in [-0.25, -0.2) is 0 Å². The summed E-state index contributed by atoms with van der Waals surface area (Å²) in [5, 5.41) is 23.3. The molecule has 1 amide bonds. The number of amides is 1. The third-order valence-electron chi connectivity index (χ3n) is 2.93. The van der Waals surface area contributed by atoms with Crippen LogP contribution in [0.2, 0.25) is 5.02 Å². The third-order valence-corrected chi connectivity index (χ3v) is 3.16. The molecule has 0 fully saturated rings. The van der Waals surface area contributed by atoms with E-state index in [2.05, 4.69) is 20.8 Å². The molecule has 0 aliphatic carbocycles. The van der Waals surface area contributed by atoms with Crippen molar-refractivity contribution in [2.24, 2.45) is 0 Å². The number of halogens is 1. The van der Waals surface area contributed by atoms with Crippen LogP contribution >= 0.6 is 11.6 Å². The normalized spacial score (nSPS) is 10.4. The number of hydrogen-bond donors (Lipinski definition) is 2. The molecule has 0 unspecified atom stereocenters. The average Bonchev–Trinajstić information content (AvgIpc) is 3.03. The maximum absolute atomic E-state index is 12.4. The molecule has 0 saturated heterocycles. The van der Waals surface area contributed by atoms with Gasteiger partial charge in [-0.15, -0.1) is 5.10 Å². The van der Waals surface area contributed by atoms with Crippen LogP contribution in [0.5, 0.6) is 5.75 Å². The van der Waals surface area contributed by atoms with Gasteiger partial charge in [0.15, 0.2) is 0 Å². The van der Waals surface area contributed by atoms with Crippen molar-refractivity contribution in [3.8, 4) is 11.4 Å². The summed E-state index contributed by atoms with van der Waals surface area (Å²) in [4.78, 5) is 12.4. The predicted octanol–water partition coefficient (Wildman–Crippen LogP) is 2.27. The first-order valence-electron chi connectivity index (χ1n) is 6.27. The number of aromatic hydroxyl groups is 1. The summed E-state index contributed by atoms with van der Waals surface area (Å²) in [6.07, 6.45) is 1.38. The van der Waals surface area contributed by atoms with E-state index in [1.807, 2.05) is 0 Å². The number of phenols is 1. The van der Waals surface area contributed by atoms with Crippen molar-refractivity contribution in [3.63, 3.8) is 0 Å². The highest BCUT2D eigenvalue weighted by molar-refractivity contribution is 6.31. The number of anilines is 1. The highest BCUT2D eigenvalue weighted by Gasteiger charge is 2.14. The fraction of sp³-hybridized carbons (Fsp3) is 0. The Bertz CT molecular complexity index is 803. The summed E-state index contributed by atoms with van der Waals surface area (Å²) < 4.78 is 1.36. The maximum atomic E-state index is 12.4. The van der Waals surface area contributed by atoms with Crippen molar-refractivity contribution in [1.82, 2.24) is 20.2 Å². The number of phenolic OH excluding ortho intramolecular Hbond substituents is 1. The largest absolute Gasteiger partial charge is 0.508 e. The van der Waals surface area contributed by atoms with E-state index in [0.717, 1.165) is 0 Å². The smallest absolute Gasteiger partial charge is 0.257 e. The van der Waals surface area contributed by atoms with Crippen molar-refractivity contribution >= 4 is 23.2 Å². The van der Waals surface area contributed by atoms with Gasteiger partial charge in [-0.2, -0.15) is 4.68 Å². The Kier molecular flexibility index (Phi) is 3.71. The minimum atomic E-state index is -0.340. The number of tetrazole rings is 1. The molecule has 22 heavy (non-hydrogen) atoms. The van der Waals surface area contributed by atoms with Gasteiger partial charge in [-0.1, -0.05) is 11.6 Å². The molecule has 2 N–H and O–H groups in total. The predicted molar refractivity (Wildman–Crippen MR) is 80.2 cm³/mol. The fourth-order valence-corrected chi connectivity index (χ4v) is 2.07. The molecule has 110 valence electrons. The van der Waals surface area contributed by atoms with Gasteiger partial charge < -0.3 is 10.4 Å². The van der Waals surface area contributed by atoms with Gasteiger partial charge in [-0.05, 0) is 52.9 Å². The molecule has 0 atom stereocenters. The zero-order valence-corrected chi connectivity index (χ0v) is 11.9. The molecule has 0 aliphatic rings. The molecule has 0 bridgehead atoms. The zero-order valence-electron chi connectivity index (χ0n) is 11.1. The van der Waals surface area contributed by atoms with E-state index in [1.54, 1.807) is 30.3 Å². The minimum Gasteiger partial charge on any atom is -0.508 e. The van der Waals surface area contributed by atoms with Crippen molar-refractivity contribution in [2.75, 3.05) is 5.32 Å². The van der Waals surface area contributed by atoms with Crippen molar-refractivity contribution < 1.29 is 9.90 Å². The number of benzene rings is 2. The minimum absolute atomic E-state index is 0.124. The van der Waals surface area contributed by atoms with Crippen molar-refractivity contribution in [3.05, 3.63) is 59.4 Å². The number of nitrogens with one attached hydrogen (secondary N) is 1. The van der Waals surface area contributed by atoms with Gasteiger partial charge >= 0.3 is 0 Å². The Labute approximate surface area is 130 Å². The Morgan fingerprint density at radius 3 is 2.64 bits per heavy atom. The van der Waals surface area contributed by atoms with Crippen molar-refractivity contribution in [2.45, 2.75) is 0 Å². The molecule has 0 radical (unpaired) electrons. The highest BCUT2D eigenvalue weighted by Crippen LogP contribution is 2.21. The van der Waals surface area contributed by atoms with Gasteiger partial charge in [0.1, 0.15) is 12.1 Å². The number of aromatic nitrogens is 4. The molecular weight excluding hydrogens is 306 g/mol. The monoisotopic (exact) mass is 315 g/mol. The third kappa shape index (κ3) is 2.89. The van der Waals surface area contributed by atoms with Crippen LogP contribution < -0.4 is 5.32 Å². The molecule has 0 aliphatic heterocycles. The number of rotatable bonds is 3. The quantitative estimate of drug-likeness (QED) is 0.723. The summed E-state index contributed by atoms with van der Waals surface area (Å²) in [6.45, 7) is 0. The van der Waals surface area contributed by atoms with Crippen LogP contribution in [0.15, 0.2) is 48.8 Å². The van der Waals surface area contributed by atoms with Gasteiger partial charge in [0, 0.05) is 10.7 Å². The first-order valence-corrected chi connectivity index (χ1v) is 6.64. The van der Waals surface area contributed by atoms with Crippen LogP contribution in [0.4, 0.5) is 5.69 Å². The van der Waals surface area contributed by atoms with Crippen LogP contribution in [0.25, 0.3) is 5.69 Å². The second-order valence-corrected chi connectivity index (χ2v) is 4.85. The van der Waals surface area contributed by atoms with Gasteiger partial charge in [0.2, 0.25) is 0 Å². The molecule has 1 heterocycles. The molecule has 1 aromatic heterocycles. The van der Waals surface area contributed by atoms with Gasteiger partial charge in [0.25, 0.3) is 5.91 Å². The van der Waals surface area contributed by atoms with Crippen LogP contribution in [0, 0.1) is 0 Å². The Morgan fingerprint density at radius 2 is 1.95 bits per heavy atom. The fourth-order valence-electron chi connectivity index (χ4n) is 1.90. The second-order valence-electron chi connectivity index (χ2n) is 4.42. The van der Waals surface area contributed by atoms with Gasteiger partial charge in [-0.3, -0.25) is 4.79 Å². The van der Waals surface area contributed by atoms with E-state index in [-0.39, 0.29) is 11.7 Å². The summed E-state index contributed by atoms with van der Waals surface area (Å²) in [5.41, 5.74) is 1.39. The van der Waals surface area contributed by atoms with Gasteiger partial charge in [0.05, 0.1) is 11.3 Å². The highest BCUT2D eigenvalue weighted by atomic mass is 35.5. The van der Waals surface area contributed by atoms with E-state index in [1.165, 1.54) is 23.1 Å². The molecule has 3 rings (SSSR count). The maximum Gasteiger partial charge on any atom is 0.257 e. The van der Waals surface area contributed by atoms with E-state index >= 15 is 0 Å². The lowest BCUT2D eigenvalue weighted by atomic mass is 10.1. The Balaban J connectivity index is 1.94. The number of hydrogen-bond acceptors (Lipinski definition) is 5. The van der Waals surface area contributed by atoms with E-state index in [9.17, 15) is 9.90 Å². The standard InChI is InChI=1S/C14H10ClN5O2/c15-9-1-6-12(13(7-9)20-8-16-18-19-20)14(22)17-10-2-4-11(21)5-3-10/h1-8,21H,(H,17,22).